The van der Waals surface area contributed by atoms with E-state index in [-0.39, 0.29) is 0 Å². The zero-order chi connectivity index (χ0) is 24.3. The third kappa shape index (κ3) is 3.03. The first-order valence-electron chi connectivity index (χ1n) is 12.7. The normalized spacial score (nSPS) is 11.8. The van der Waals surface area contributed by atoms with E-state index in [1.54, 1.807) is 0 Å². The van der Waals surface area contributed by atoms with Gasteiger partial charge in [-0.3, -0.25) is 4.40 Å². The first-order chi connectivity index (χ1) is 18.3. The van der Waals surface area contributed by atoms with Crippen molar-refractivity contribution in [1.29, 1.82) is 0 Å². The summed E-state index contributed by atoms with van der Waals surface area (Å²) < 4.78 is 2.34. The standard InChI is InChI=1S/C35H22N2/c1-2-8-23(9-3-1)24-14-16-25(17-15-24)27-19-21-32-30(22-27)29-20-18-26-10-4-5-11-28(26)34(29)35-36-31-12-6-7-13-33(31)37(32)35/h1-22H. The maximum atomic E-state index is 5.13. The average Bonchev–Trinajstić information content (AvgIpc) is 3.37. The van der Waals surface area contributed by atoms with E-state index in [2.05, 4.69) is 138 Å². The molecule has 0 amide bonds. The molecule has 0 N–H and O–H groups in total. The van der Waals surface area contributed by atoms with Gasteiger partial charge >= 0.3 is 0 Å². The Morgan fingerprint density at radius 2 is 1.11 bits per heavy atom. The van der Waals surface area contributed by atoms with Crippen molar-refractivity contribution >= 4 is 49.1 Å². The molecule has 8 aromatic rings. The predicted octanol–water partition coefficient (Wildman–Crippen LogP) is 9.28. The lowest BCUT2D eigenvalue weighted by molar-refractivity contribution is 1.32. The topological polar surface area (TPSA) is 17.3 Å². The van der Waals surface area contributed by atoms with Crippen LogP contribution in [0.5, 0.6) is 0 Å². The lowest BCUT2D eigenvalue weighted by Gasteiger charge is -2.13. The summed E-state index contributed by atoms with van der Waals surface area (Å²) in [6, 6.07) is 47.8. The molecule has 0 aliphatic carbocycles. The molecular formula is C35H22N2. The molecule has 2 heteroatoms. The van der Waals surface area contributed by atoms with Crippen LogP contribution in [0.3, 0.4) is 0 Å². The zero-order valence-corrected chi connectivity index (χ0v) is 20.1. The number of para-hydroxylation sites is 2. The number of hydrogen-bond acceptors (Lipinski definition) is 1. The Bertz CT molecular complexity index is 2120. The molecule has 0 radical (unpaired) electrons. The van der Waals surface area contributed by atoms with Gasteiger partial charge in [0.05, 0.1) is 16.6 Å². The fourth-order valence-electron chi connectivity index (χ4n) is 5.79. The van der Waals surface area contributed by atoms with Gasteiger partial charge in [0.15, 0.2) is 0 Å². The molecule has 6 aromatic carbocycles. The fourth-order valence-corrected chi connectivity index (χ4v) is 5.79. The summed E-state index contributed by atoms with van der Waals surface area (Å²) in [7, 11) is 0. The molecular weight excluding hydrogens is 448 g/mol. The van der Waals surface area contributed by atoms with Gasteiger partial charge in [0.25, 0.3) is 0 Å². The molecule has 0 bridgehead atoms. The highest BCUT2D eigenvalue weighted by Crippen LogP contribution is 2.38. The molecule has 0 atom stereocenters. The van der Waals surface area contributed by atoms with Gasteiger partial charge in [-0.05, 0) is 62.7 Å². The highest BCUT2D eigenvalue weighted by atomic mass is 15.0. The molecule has 8 rings (SSSR count). The van der Waals surface area contributed by atoms with Crippen molar-refractivity contribution in [3.63, 3.8) is 0 Å². The van der Waals surface area contributed by atoms with Crippen molar-refractivity contribution in [2.75, 3.05) is 0 Å². The van der Waals surface area contributed by atoms with Crippen LogP contribution in [0.25, 0.3) is 71.4 Å². The number of fused-ring (bicyclic) bond motifs is 10. The van der Waals surface area contributed by atoms with E-state index in [9.17, 15) is 0 Å². The number of nitrogens with zero attached hydrogens (tertiary/aromatic N) is 2. The molecule has 2 aromatic heterocycles. The summed E-state index contributed by atoms with van der Waals surface area (Å²) in [5.41, 5.74) is 9.24. The minimum atomic E-state index is 1.01. The first-order valence-corrected chi connectivity index (χ1v) is 12.7. The van der Waals surface area contributed by atoms with E-state index in [0.29, 0.717) is 0 Å². The Labute approximate surface area is 214 Å². The molecule has 0 saturated carbocycles. The molecule has 0 saturated heterocycles. The fraction of sp³-hybridized carbons (Fsp3) is 0. The van der Waals surface area contributed by atoms with Crippen molar-refractivity contribution in [1.82, 2.24) is 9.38 Å². The molecule has 0 aliphatic heterocycles. The Kier molecular flexibility index (Phi) is 4.26. The molecule has 2 heterocycles. The molecule has 172 valence electrons. The second-order valence-electron chi connectivity index (χ2n) is 9.64. The maximum Gasteiger partial charge on any atom is 0.147 e. The van der Waals surface area contributed by atoms with Gasteiger partial charge in [0, 0.05) is 10.8 Å². The largest absolute Gasteiger partial charge is 0.292 e. The minimum absolute atomic E-state index is 1.01. The SMILES string of the molecule is c1ccc(-c2ccc(-c3ccc4c(c3)c3ccc5ccccc5c3c3nc5ccccc5n43)cc2)cc1. The average molecular weight is 471 g/mol. The van der Waals surface area contributed by atoms with E-state index in [4.69, 9.17) is 4.98 Å². The Morgan fingerprint density at radius 1 is 0.432 bits per heavy atom. The third-order valence-corrected chi connectivity index (χ3v) is 7.57. The zero-order valence-electron chi connectivity index (χ0n) is 20.1. The highest BCUT2D eigenvalue weighted by molar-refractivity contribution is 6.23. The summed E-state index contributed by atoms with van der Waals surface area (Å²) in [4.78, 5) is 5.13. The van der Waals surface area contributed by atoms with Crippen molar-refractivity contribution in [2.45, 2.75) is 0 Å². The Morgan fingerprint density at radius 3 is 1.97 bits per heavy atom. The van der Waals surface area contributed by atoms with Crippen LogP contribution in [0.15, 0.2) is 133 Å². The van der Waals surface area contributed by atoms with Gasteiger partial charge in [-0.15, -0.1) is 0 Å². The van der Waals surface area contributed by atoms with E-state index in [0.717, 1.165) is 16.7 Å². The van der Waals surface area contributed by atoms with Crippen molar-refractivity contribution in [3.8, 4) is 22.3 Å². The van der Waals surface area contributed by atoms with Gasteiger partial charge in [0.1, 0.15) is 5.65 Å². The summed E-state index contributed by atoms with van der Waals surface area (Å²) in [6.45, 7) is 0. The highest BCUT2D eigenvalue weighted by Gasteiger charge is 2.16. The number of benzene rings is 6. The number of imidazole rings is 1. The van der Waals surface area contributed by atoms with Crippen LogP contribution in [-0.4, -0.2) is 9.38 Å². The lowest BCUT2D eigenvalue weighted by Crippen LogP contribution is -1.93. The summed E-state index contributed by atoms with van der Waals surface area (Å²) in [6.07, 6.45) is 0. The van der Waals surface area contributed by atoms with Crippen LogP contribution in [0, 0.1) is 0 Å². The van der Waals surface area contributed by atoms with Gasteiger partial charge < -0.3 is 0 Å². The van der Waals surface area contributed by atoms with Crippen molar-refractivity contribution in [3.05, 3.63) is 133 Å². The Hall–Kier alpha value is -4.95. The number of rotatable bonds is 2. The quantitative estimate of drug-likeness (QED) is 0.230. The van der Waals surface area contributed by atoms with Crippen LogP contribution in [0.2, 0.25) is 0 Å². The van der Waals surface area contributed by atoms with Crippen LogP contribution in [-0.2, 0) is 0 Å². The van der Waals surface area contributed by atoms with Crippen LogP contribution < -0.4 is 0 Å². The maximum absolute atomic E-state index is 5.13. The molecule has 0 fully saturated rings. The summed E-state index contributed by atoms with van der Waals surface area (Å²) in [5, 5.41) is 6.15. The first kappa shape index (κ1) is 20.3. The van der Waals surface area contributed by atoms with E-state index in [1.165, 1.54) is 54.7 Å². The Balaban J connectivity index is 1.44. The minimum Gasteiger partial charge on any atom is -0.292 e. The van der Waals surface area contributed by atoms with Crippen LogP contribution >= 0.6 is 0 Å². The van der Waals surface area contributed by atoms with E-state index < -0.39 is 0 Å². The molecule has 37 heavy (non-hydrogen) atoms. The van der Waals surface area contributed by atoms with Crippen LogP contribution in [0.4, 0.5) is 0 Å². The molecule has 0 aliphatic rings. The number of aromatic nitrogens is 2. The predicted molar refractivity (Wildman–Crippen MR) is 156 cm³/mol. The number of hydrogen-bond donors (Lipinski definition) is 0. The van der Waals surface area contributed by atoms with Gasteiger partial charge in [-0.1, -0.05) is 109 Å². The van der Waals surface area contributed by atoms with Crippen molar-refractivity contribution in [2.24, 2.45) is 0 Å². The van der Waals surface area contributed by atoms with E-state index >= 15 is 0 Å². The summed E-state index contributed by atoms with van der Waals surface area (Å²) >= 11 is 0. The molecule has 2 nitrogen and oxygen atoms in total. The van der Waals surface area contributed by atoms with Gasteiger partial charge in [0.2, 0.25) is 0 Å². The second-order valence-corrected chi connectivity index (χ2v) is 9.64. The monoisotopic (exact) mass is 470 g/mol. The smallest absolute Gasteiger partial charge is 0.147 e. The second kappa shape index (κ2) is 7.78. The third-order valence-electron chi connectivity index (χ3n) is 7.57. The van der Waals surface area contributed by atoms with Gasteiger partial charge in [-0.25, -0.2) is 4.98 Å². The molecule has 0 unspecified atom stereocenters. The van der Waals surface area contributed by atoms with Gasteiger partial charge in [-0.2, -0.15) is 0 Å². The lowest BCUT2D eigenvalue weighted by atomic mass is 9.96. The molecule has 0 spiro atoms. The number of pyridine rings is 1. The van der Waals surface area contributed by atoms with E-state index in [1.807, 2.05) is 0 Å². The summed E-state index contributed by atoms with van der Waals surface area (Å²) in [5.74, 6) is 0. The van der Waals surface area contributed by atoms with Crippen molar-refractivity contribution < 1.29 is 0 Å². The van der Waals surface area contributed by atoms with Crippen LogP contribution in [0.1, 0.15) is 0 Å².